The van der Waals surface area contributed by atoms with Gasteiger partial charge in [0.15, 0.2) is 11.6 Å². The van der Waals surface area contributed by atoms with Gasteiger partial charge >= 0.3 is 5.97 Å². The Balaban J connectivity index is 1.69. The second-order valence-electron chi connectivity index (χ2n) is 14.1. The zero-order valence-electron chi connectivity index (χ0n) is 23.0. The lowest BCUT2D eigenvalue weighted by molar-refractivity contribution is -0.182. The van der Waals surface area contributed by atoms with Gasteiger partial charge in [-0.25, -0.2) is 0 Å². The summed E-state index contributed by atoms with van der Waals surface area (Å²) in [6.07, 6.45) is 11.3. The van der Waals surface area contributed by atoms with Crippen molar-refractivity contribution in [2.75, 3.05) is 7.11 Å². The van der Waals surface area contributed by atoms with Gasteiger partial charge in [-0.2, -0.15) is 0 Å². The summed E-state index contributed by atoms with van der Waals surface area (Å²) in [5.74, 6) is 1.16. The summed E-state index contributed by atoms with van der Waals surface area (Å²) in [5.41, 5.74) is -0.496. The van der Waals surface area contributed by atoms with E-state index in [1.54, 1.807) is 6.08 Å². The molecule has 0 aromatic heterocycles. The number of carbonyl (C=O) groups excluding carboxylic acids is 3. The number of allylic oxidation sites excluding steroid dienone is 4. The fourth-order valence-electron chi connectivity index (χ4n) is 10.2. The van der Waals surface area contributed by atoms with E-state index in [2.05, 4.69) is 54.5 Å². The van der Waals surface area contributed by atoms with E-state index in [1.807, 2.05) is 6.08 Å². The van der Waals surface area contributed by atoms with Crippen LogP contribution >= 0.6 is 0 Å². The van der Waals surface area contributed by atoms with E-state index >= 15 is 0 Å². The first-order valence-electron chi connectivity index (χ1n) is 13.8. The molecule has 0 spiro atoms. The van der Waals surface area contributed by atoms with Crippen molar-refractivity contribution in [3.05, 3.63) is 23.8 Å². The van der Waals surface area contributed by atoms with Crippen LogP contribution in [-0.4, -0.2) is 24.6 Å². The lowest BCUT2D eigenvalue weighted by Crippen LogP contribution is -2.66. The number of fused-ring (bicyclic) bond motifs is 7. The number of rotatable bonds is 1. The van der Waals surface area contributed by atoms with Gasteiger partial charge in [0.1, 0.15) is 0 Å². The van der Waals surface area contributed by atoms with Crippen LogP contribution in [0.15, 0.2) is 23.8 Å². The Kier molecular flexibility index (Phi) is 5.29. The lowest BCUT2D eigenvalue weighted by atomic mass is 9.34. The molecule has 0 aromatic rings. The van der Waals surface area contributed by atoms with E-state index < -0.39 is 10.8 Å². The highest BCUT2D eigenvalue weighted by atomic mass is 16.5. The van der Waals surface area contributed by atoms with Gasteiger partial charge in [0.2, 0.25) is 0 Å². The molecule has 0 saturated heterocycles. The van der Waals surface area contributed by atoms with Crippen LogP contribution in [-0.2, 0) is 19.1 Å². The lowest BCUT2D eigenvalue weighted by Gasteiger charge is -2.69. The molecule has 3 saturated carbocycles. The largest absolute Gasteiger partial charge is 0.469 e. The molecule has 0 bridgehead atoms. The van der Waals surface area contributed by atoms with Crippen molar-refractivity contribution in [2.24, 2.45) is 56.7 Å². The SMILES string of the molecule is COC(=O)[C@]12CC[C@@H](C)[C@H](C)[C@H]1C1=CC(=O)[C@@H]3[C@@]4(C)C=CC(=O)C(C)(C)C4CC[C@@]3(C)[C@]1(C)CC2. The molecule has 5 aliphatic carbocycles. The zero-order valence-corrected chi connectivity index (χ0v) is 23.0. The van der Waals surface area contributed by atoms with Crippen LogP contribution in [0, 0.1) is 56.7 Å². The Labute approximate surface area is 211 Å². The average molecular weight is 481 g/mol. The maximum absolute atomic E-state index is 14.3. The summed E-state index contributed by atoms with van der Waals surface area (Å²) in [6.45, 7) is 15.7. The summed E-state index contributed by atoms with van der Waals surface area (Å²) in [7, 11) is 1.52. The van der Waals surface area contributed by atoms with Crippen LogP contribution in [0.1, 0.15) is 87.0 Å². The molecule has 9 atom stereocenters. The number of ketones is 2. The van der Waals surface area contributed by atoms with Crippen molar-refractivity contribution in [3.8, 4) is 0 Å². The molecule has 3 fully saturated rings. The molecule has 0 radical (unpaired) electrons. The van der Waals surface area contributed by atoms with Crippen molar-refractivity contribution in [1.29, 1.82) is 0 Å². The van der Waals surface area contributed by atoms with Crippen LogP contribution in [0.2, 0.25) is 0 Å². The smallest absolute Gasteiger partial charge is 0.312 e. The van der Waals surface area contributed by atoms with Gasteiger partial charge in [0.25, 0.3) is 0 Å². The first kappa shape index (κ1) is 25.0. The van der Waals surface area contributed by atoms with Crippen LogP contribution in [0.5, 0.6) is 0 Å². The summed E-state index contributed by atoms with van der Waals surface area (Å²) in [4.78, 5) is 40.5. The van der Waals surface area contributed by atoms with E-state index in [0.29, 0.717) is 11.8 Å². The number of hydrogen-bond donors (Lipinski definition) is 0. The highest BCUT2D eigenvalue weighted by Crippen LogP contribution is 2.74. The van der Waals surface area contributed by atoms with E-state index in [1.165, 1.54) is 12.7 Å². The molecule has 5 aliphatic rings. The Morgan fingerprint density at radius 2 is 1.66 bits per heavy atom. The molecule has 5 rings (SSSR count). The van der Waals surface area contributed by atoms with Crippen molar-refractivity contribution >= 4 is 17.5 Å². The number of hydrogen-bond acceptors (Lipinski definition) is 4. The van der Waals surface area contributed by atoms with Crippen LogP contribution in [0.4, 0.5) is 0 Å². The Hall–Kier alpha value is -1.71. The molecule has 0 amide bonds. The van der Waals surface area contributed by atoms with E-state index in [0.717, 1.165) is 38.5 Å². The minimum absolute atomic E-state index is 0.0459. The number of ether oxygens (including phenoxy) is 1. The highest BCUT2D eigenvalue weighted by Gasteiger charge is 2.71. The maximum atomic E-state index is 14.3. The zero-order chi connectivity index (χ0) is 25.8. The minimum Gasteiger partial charge on any atom is -0.469 e. The first-order chi connectivity index (χ1) is 16.2. The third-order valence-corrected chi connectivity index (χ3v) is 12.6. The van der Waals surface area contributed by atoms with Gasteiger partial charge in [-0.3, -0.25) is 14.4 Å². The van der Waals surface area contributed by atoms with Gasteiger partial charge in [-0.05, 0) is 85.2 Å². The molecular weight excluding hydrogens is 436 g/mol. The Morgan fingerprint density at radius 3 is 2.31 bits per heavy atom. The summed E-state index contributed by atoms with van der Waals surface area (Å²) < 4.78 is 5.43. The van der Waals surface area contributed by atoms with Gasteiger partial charge in [-0.1, -0.05) is 60.1 Å². The second-order valence-corrected chi connectivity index (χ2v) is 14.1. The topological polar surface area (TPSA) is 60.4 Å². The van der Waals surface area contributed by atoms with Crippen LogP contribution in [0.3, 0.4) is 0 Å². The minimum atomic E-state index is -0.518. The monoisotopic (exact) mass is 480 g/mol. The highest BCUT2D eigenvalue weighted by molar-refractivity contribution is 5.99. The number of carbonyl (C=O) groups is 3. The first-order valence-corrected chi connectivity index (χ1v) is 13.8. The fourth-order valence-corrected chi connectivity index (χ4v) is 10.2. The molecular formula is C31H44O4. The van der Waals surface area contributed by atoms with Crippen LogP contribution < -0.4 is 0 Å². The van der Waals surface area contributed by atoms with Crippen LogP contribution in [0.25, 0.3) is 0 Å². The van der Waals surface area contributed by atoms with Crippen molar-refractivity contribution < 1.29 is 19.1 Å². The van der Waals surface area contributed by atoms with Gasteiger partial charge in [-0.15, -0.1) is 0 Å². The third-order valence-electron chi connectivity index (χ3n) is 12.6. The van der Waals surface area contributed by atoms with E-state index in [4.69, 9.17) is 4.74 Å². The Bertz CT molecular complexity index is 1050. The van der Waals surface area contributed by atoms with Crippen molar-refractivity contribution in [1.82, 2.24) is 0 Å². The number of methoxy groups -OCH3 is 1. The third kappa shape index (κ3) is 2.83. The molecule has 1 unspecified atom stereocenters. The summed E-state index contributed by atoms with van der Waals surface area (Å²) in [5, 5.41) is 0. The number of esters is 1. The molecule has 192 valence electrons. The molecule has 0 heterocycles. The van der Waals surface area contributed by atoms with Gasteiger partial charge in [0.05, 0.1) is 12.5 Å². The van der Waals surface area contributed by atoms with E-state index in [-0.39, 0.29) is 51.5 Å². The normalized spacial score (nSPS) is 50.3. The van der Waals surface area contributed by atoms with Crippen molar-refractivity contribution in [2.45, 2.75) is 87.0 Å². The summed E-state index contributed by atoms with van der Waals surface area (Å²) in [6, 6.07) is 0. The standard InChI is InChI=1S/C31H44O4/c1-18-9-14-31(26(34)35-8)16-15-29(6)20(24(31)19(18)2)17-21(32)25-28(5)12-11-23(33)27(3,4)22(28)10-13-30(25,29)7/h11-12,17-19,22,24-25H,9-10,13-16H2,1-8H3/t18-,19+,22?,24+,25-,28+,29-,30-,31+/m1/s1. The average Bonchev–Trinajstić information content (AvgIpc) is 2.79. The molecule has 0 aliphatic heterocycles. The molecule has 4 nitrogen and oxygen atoms in total. The Morgan fingerprint density at radius 1 is 0.971 bits per heavy atom. The molecule has 0 aromatic carbocycles. The molecule has 4 heteroatoms. The second kappa shape index (κ2) is 7.42. The predicted octanol–water partition coefficient (Wildman–Crippen LogP) is 6.34. The van der Waals surface area contributed by atoms with Crippen molar-refractivity contribution in [3.63, 3.8) is 0 Å². The van der Waals surface area contributed by atoms with Gasteiger partial charge in [0, 0.05) is 16.7 Å². The quantitative estimate of drug-likeness (QED) is 0.411. The van der Waals surface area contributed by atoms with Gasteiger partial charge < -0.3 is 4.74 Å². The molecule has 35 heavy (non-hydrogen) atoms. The maximum Gasteiger partial charge on any atom is 0.312 e. The fraction of sp³-hybridized carbons (Fsp3) is 0.774. The van der Waals surface area contributed by atoms with E-state index in [9.17, 15) is 14.4 Å². The predicted molar refractivity (Wildman–Crippen MR) is 136 cm³/mol. The summed E-state index contributed by atoms with van der Waals surface area (Å²) >= 11 is 0. The molecule has 0 N–H and O–H groups in total.